The zero-order valence-corrected chi connectivity index (χ0v) is 8.43. The highest BCUT2D eigenvalue weighted by molar-refractivity contribution is 5.34. The van der Waals surface area contributed by atoms with Gasteiger partial charge in [-0.2, -0.15) is 0 Å². The summed E-state index contributed by atoms with van der Waals surface area (Å²) in [6, 6.07) is 10.2. The molecule has 15 heavy (non-hydrogen) atoms. The molecule has 1 aromatic rings. The summed E-state index contributed by atoms with van der Waals surface area (Å²) in [6.45, 7) is 0.642. The zero-order valence-electron chi connectivity index (χ0n) is 8.43. The second-order valence-electron chi connectivity index (χ2n) is 3.76. The van der Waals surface area contributed by atoms with Crippen molar-refractivity contribution in [2.24, 2.45) is 4.99 Å². The van der Waals surface area contributed by atoms with E-state index in [0.717, 1.165) is 12.8 Å². The highest BCUT2D eigenvalue weighted by Crippen LogP contribution is 2.26. The molecule has 1 fully saturated rings. The van der Waals surface area contributed by atoms with Crippen molar-refractivity contribution in [2.75, 3.05) is 0 Å². The number of nitrogens with zero attached hydrogens (tertiary/aromatic N) is 1. The van der Waals surface area contributed by atoms with Gasteiger partial charge in [0.2, 0.25) is 6.08 Å². The second-order valence-corrected chi connectivity index (χ2v) is 3.76. The summed E-state index contributed by atoms with van der Waals surface area (Å²) in [4.78, 5) is 13.6. The van der Waals surface area contributed by atoms with Crippen LogP contribution >= 0.6 is 0 Å². The van der Waals surface area contributed by atoms with Crippen LogP contribution in [0.3, 0.4) is 0 Å². The Morgan fingerprint density at radius 2 is 2.07 bits per heavy atom. The number of ether oxygens (including phenoxy) is 1. The molecule has 0 spiro atoms. The molecule has 0 unspecified atom stereocenters. The molecule has 78 valence electrons. The van der Waals surface area contributed by atoms with E-state index in [0.29, 0.717) is 6.61 Å². The van der Waals surface area contributed by atoms with E-state index < -0.39 is 0 Å². The highest BCUT2D eigenvalue weighted by Gasteiger charge is 2.29. The number of hydrogen-bond acceptors (Lipinski definition) is 3. The van der Waals surface area contributed by atoms with E-state index in [-0.39, 0.29) is 12.1 Å². The van der Waals surface area contributed by atoms with Crippen molar-refractivity contribution < 1.29 is 9.53 Å². The van der Waals surface area contributed by atoms with Gasteiger partial charge in [0.05, 0.1) is 18.8 Å². The first-order valence-electron chi connectivity index (χ1n) is 5.11. The van der Waals surface area contributed by atoms with Crippen molar-refractivity contribution in [1.82, 2.24) is 0 Å². The lowest BCUT2D eigenvalue weighted by Crippen LogP contribution is -2.34. The molecule has 0 atom stereocenters. The molecule has 1 aliphatic rings. The molecule has 0 aromatic heterocycles. The highest BCUT2D eigenvalue weighted by atomic mass is 16.5. The molecule has 3 nitrogen and oxygen atoms in total. The first kappa shape index (κ1) is 10.1. The third kappa shape index (κ3) is 2.75. The molecule has 0 bridgehead atoms. The van der Waals surface area contributed by atoms with Gasteiger partial charge in [-0.1, -0.05) is 30.3 Å². The van der Waals surface area contributed by atoms with E-state index in [4.69, 9.17) is 4.74 Å². The van der Waals surface area contributed by atoms with E-state index in [2.05, 4.69) is 4.99 Å². The van der Waals surface area contributed by atoms with E-state index in [9.17, 15) is 4.79 Å². The molecule has 0 amide bonds. The monoisotopic (exact) mass is 203 g/mol. The van der Waals surface area contributed by atoms with Crippen molar-refractivity contribution in [2.45, 2.75) is 31.6 Å². The van der Waals surface area contributed by atoms with Crippen LogP contribution in [0.15, 0.2) is 35.3 Å². The Morgan fingerprint density at radius 3 is 2.73 bits per heavy atom. The topological polar surface area (TPSA) is 38.7 Å². The predicted molar refractivity (Wildman–Crippen MR) is 56.2 cm³/mol. The van der Waals surface area contributed by atoms with Crippen LogP contribution in [0, 0.1) is 0 Å². The Labute approximate surface area is 88.8 Å². The Morgan fingerprint density at radius 1 is 1.33 bits per heavy atom. The van der Waals surface area contributed by atoms with E-state index in [1.165, 1.54) is 5.56 Å². The fourth-order valence-corrected chi connectivity index (χ4v) is 1.64. The molecule has 0 N–H and O–H groups in total. The molecule has 0 heterocycles. The average Bonchev–Trinajstić information content (AvgIpc) is 2.23. The van der Waals surface area contributed by atoms with Gasteiger partial charge in [0, 0.05) is 0 Å². The minimum atomic E-state index is 0.142. The van der Waals surface area contributed by atoms with E-state index in [1.807, 2.05) is 30.3 Å². The number of hydrogen-bond donors (Lipinski definition) is 0. The summed E-state index contributed by atoms with van der Waals surface area (Å²) >= 11 is 0. The average molecular weight is 203 g/mol. The summed E-state index contributed by atoms with van der Waals surface area (Å²) < 4.78 is 5.65. The summed E-state index contributed by atoms with van der Waals surface area (Å²) in [5.74, 6) is 0. The molecule has 1 aromatic carbocycles. The van der Waals surface area contributed by atoms with E-state index >= 15 is 0 Å². The normalized spacial score (nSPS) is 24.0. The molecule has 0 saturated heterocycles. The second kappa shape index (κ2) is 4.87. The van der Waals surface area contributed by atoms with Crippen LogP contribution in [-0.2, 0) is 16.1 Å². The maximum Gasteiger partial charge on any atom is 0.235 e. The maximum absolute atomic E-state index is 9.96. The van der Waals surface area contributed by atoms with Crippen LogP contribution in [0.25, 0.3) is 0 Å². The maximum atomic E-state index is 9.96. The molecule has 1 aliphatic carbocycles. The van der Waals surface area contributed by atoms with Crippen LogP contribution in [0.1, 0.15) is 18.4 Å². The van der Waals surface area contributed by atoms with Gasteiger partial charge >= 0.3 is 0 Å². The Kier molecular flexibility index (Phi) is 3.28. The third-order valence-corrected chi connectivity index (χ3v) is 2.63. The van der Waals surface area contributed by atoms with Crippen LogP contribution in [0.4, 0.5) is 0 Å². The largest absolute Gasteiger partial charge is 0.373 e. The van der Waals surface area contributed by atoms with Gasteiger partial charge in [0.1, 0.15) is 0 Å². The number of rotatable bonds is 4. The van der Waals surface area contributed by atoms with Gasteiger partial charge in [0.15, 0.2) is 0 Å². The number of benzene rings is 1. The van der Waals surface area contributed by atoms with Gasteiger partial charge in [-0.25, -0.2) is 9.79 Å². The molecule has 1 saturated carbocycles. The van der Waals surface area contributed by atoms with Crippen LogP contribution in [-0.4, -0.2) is 18.2 Å². The van der Waals surface area contributed by atoms with Gasteiger partial charge in [-0.3, -0.25) is 0 Å². The molecular formula is C12H13NO2. The fourth-order valence-electron chi connectivity index (χ4n) is 1.64. The quantitative estimate of drug-likeness (QED) is 0.555. The van der Waals surface area contributed by atoms with Gasteiger partial charge in [-0.15, -0.1) is 0 Å². The van der Waals surface area contributed by atoms with Gasteiger partial charge in [0.25, 0.3) is 0 Å². The summed E-state index contributed by atoms with van der Waals surface area (Å²) in [5.41, 5.74) is 1.18. The van der Waals surface area contributed by atoms with Crippen molar-refractivity contribution in [3.63, 3.8) is 0 Å². The number of carbonyl (C=O) groups excluding carboxylic acids is 1. The molecule has 0 aliphatic heterocycles. The number of aliphatic imine (C=N–C) groups is 1. The van der Waals surface area contributed by atoms with Crippen molar-refractivity contribution in [3.8, 4) is 0 Å². The molecule has 3 heteroatoms. The standard InChI is InChI=1S/C12H13NO2/c14-9-13-11-6-12(7-11)15-8-10-4-2-1-3-5-10/h1-5,11-12H,6-8H2. The van der Waals surface area contributed by atoms with Gasteiger partial charge < -0.3 is 4.74 Å². The summed E-state index contributed by atoms with van der Waals surface area (Å²) in [6.07, 6.45) is 3.54. The lowest BCUT2D eigenvalue weighted by molar-refractivity contribution is -0.0183. The smallest absolute Gasteiger partial charge is 0.235 e. The Hall–Kier alpha value is -1.44. The molecule has 2 rings (SSSR count). The van der Waals surface area contributed by atoms with Crippen molar-refractivity contribution in [1.29, 1.82) is 0 Å². The zero-order chi connectivity index (χ0) is 10.5. The number of isocyanates is 1. The van der Waals surface area contributed by atoms with Crippen molar-refractivity contribution in [3.05, 3.63) is 35.9 Å². The minimum Gasteiger partial charge on any atom is -0.373 e. The molecule has 0 radical (unpaired) electrons. The lowest BCUT2D eigenvalue weighted by atomic mass is 9.90. The predicted octanol–water partition coefficient (Wildman–Crippen LogP) is 2.07. The van der Waals surface area contributed by atoms with E-state index in [1.54, 1.807) is 6.08 Å². The fraction of sp³-hybridized carbons (Fsp3) is 0.417. The Bertz CT molecular complexity index is 351. The van der Waals surface area contributed by atoms with Crippen molar-refractivity contribution >= 4 is 6.08 Å². The van der Waals surface area contributed by atoms with Crippen LogP contribution in [0.2, 0.25) is 0 Å². The molecular weight excluding hydrogens is 190 g/mol. The minimum absolute atomic E-state index is 0.142. The van der Waals surface area contributed by atoms with Gasteiger partial charge in [-0.05, 0) is 18.4 Å². The summed E-state index contributed by atoms with van der Waals surface area (Å²) in [7, 11) is 0. The lowest BCUT2D eigenvalue weighted by Gasteiger charge is -2.31. The first-order chi connectivity index (χ1) is 7.38. The Balaban J connectivity index is 1.71. The van der Waals surface area contributed by atoms with Crippen LogP contribution < -0.4 is 0 Å². The first-order valence-corrected chi connectivity index (χ1v) is 5.11. The third-order valence-electron chi connectivity index (χ3n) is 2.63. The summed E-state index contributed by atoms with van der Waals surface area (Å²) in [5, 5.41) is 0. The van der Waals surface area contributed by atoms with Crippen LogP contribution in [0.5, 0.6) is 0 Å². The SMILES string of the molecule is O=C=NC1CC(OCc2ccccc2)C1.